The molecule has 0 bridgehead atoms. The molecule has 0 unspecified atom stereocenters. The monoisotopic (exact) mass is 274 g/mol. The highest BCUT2D eigenvalue weighted by molar-refractivity contribution is 5.78. The highest BCUT2D eigenvalue weighted by Gasteiger charge is 2.25. The number of nitrogens with one attached hydrogen (secondary N) is 1. The zero-order chi connectivity index (χ0) is 13.9. The van der Waals surface area contributed by atoms with Crippen LogP contribution in [0, 0.1) is 0 Å². The Hall–Kier alpha value is -1.75. The second-order valence-electron chi connectivity index (χ2n) is 5.66. The van der Waals surface area contributed by atoms with E-state index in [0.29, 0.717) is 12.6 Å². The largest absolute Gasteiger partial charge is 0.397 e. The molecular weight excluding hydrogens is 252 g/mol. The van der Waals surface area contributed by atoms with Crippen LogP contribution >= 0.6 is 0 Å². The van der Waals surface area contributed by atoms with Crippen LogP contribution in [0.3, 0.4) is 0 Å². The summed E-state index contributed by atoms with van der Waals surface area (Å²) >= 11 is 0. The SMILES string of the molecule is Nc1ccccc1N1CCN(CC(=O)NC2CC2)CC1. The quantitative estimate of drug-likeness (QED) is 0.792. The smallest absolute Gasteiger partial charge is 0.234 e. The van der Waals surface area contributed by atoms with Gasteiger partial charge in [-0.3, -0.25) is 9.69 Å². The third-order valence-electron chi connectivity index (χ3n) is 3.96. The molecule has 0 spiro atoms. The molecule has 1 aromatic carbocycles. The predicted molar refractivity (Wildman–Crippen MR) is 80.7 cm³/mol. The topological polar surface area (TPSA) is 61.6 Å². The van der Waals surface area contributed by atoms with E-state index in [1.807, 2.05) is 18.2 Å². The Labute approximate surface area is 119 Å². The first kappa shape index (κ1) is 13.2. The number of anilines is 2. The highest BCUT2D eigenvalue weighted by atomic mass is 16.2. The van der Waals surface area contributed by atoms with Gasteiger partial charge in [-0.1, -0.05) is 12.1 Å². The van der Waals surface area contributed by atoms with Crippen LogP contribution in [0.1, 0.15) is 12.8 Å². The zero-order valence-corrected chi connectivity index (χ0v) is 11.7. The minimum atomic E-state index is 0.167. The van der Waals surface area contributed by atoms with Gasteiger partial charge in [0.2, 0.25) is 5.91 Å². The third kappa shape index (κ3) is 3.22. The summed E-state index contributed by atoms with van der Waals surface area (Å²) in [5, 5.41) is 3.04. The number of nitrogens with two attached hydrogens (primary N) is 1. The van der Waals surface area contributed by atoms with Crippen LogP contribution < -0.4 is 16.0 Å². The van der Waals surface area contributed by atoms with Crippen molar-refractivity contribution in [3.05, 3.63) is 24.3 Å². The summed E-state index contributed by atoms with van der Waals surface area (Å²) in [5.41, 5.74) is 7.94. The highest BCUT2D eigenvalue weighted by Crippen LogP contribution is 2.23. The molecule has 3 rings (SSSR count). The maximum atomic E-state index is 11.8. The summed E-state index contributed by atoms with van der Waals surface area (Å²) in [7, 11) is 0. The van der Waals surface area contributed by atoms with E-state index in [1.54, 1.807) is 0 Å². The molecule has 1 aromatic rings. The van der Waals surface area contributed by atoms with E-state index in [-0.39, 0.29) is 5.91 Å². The first-order valence-electron chi connectivity index (χ1n) is 7.33. The van der Waals surface area contributed by atoms with Gasteiger partial charge in [0.1, 0.15) is 0 Å². The molecule has 1 heterocycles. The van der Waals surface area contributed by atoms with Crippen molar-refractivity contribution in [1.82, 2.24) is 10.2 Å². The van der Waals surface area contributed by atoms with E-state index in [4.69, 9.17) is 5.73 Å². The van der Waals surface area contributed by atoms with E-state index < -0.39 is 0 Å². The number of hydrogen-bond acceptors (Lipinski definition) is 4. The van der Waals surface area contributed by atoms with Crippen molar-refractivity contribution in [3.63, 3.8) is 0 Å². The lowest BCUT2D eigenvalue weighted by Crippen LogP contribution is -2.49. The molecule has 2 fully saturated rings. The molecular formula is C15H22N4O. The van der Waals surface area contributed by atoms with Crippen LogP contribution in [-0.2, 0) is 4.79 Å². The van der Waals surface area contributed by atoms with Crippen molar-refractivity contribution in [2.45, 2.75) is 18.9 Å². The summed E-state index contributed by atoms with van der Waals surface area (Å²) in [4.78, 5) is 16.3. The summed E-state index contributed by atoms with van der Waals surface area (Å²) in [5.74, 6) is 0.167. The molecule has 2 aliphatic rings. The van der Waals surface area contributed by atoms with Gasteiger partial charge in [0.25, 0.3) is 0 Å². The Morgan fingerprint density at radius 1 is 1.20 bits per heavy atom. The number of carbonyl (C=O) groups is 1. The third-order valence-corrected chi connectivity index (χ3v) is 3.96. The fourth-order valence-electron chi connectivity index (χ4n) is 2.63. The average Bonchev–Trinajstić information content (AvgIpc) is 3.24. The average molecular weight is 274 g/mol. The molecule has 1 saturated heterocycles. The molecule has 0 atom stereocenters. The molecule has 5 nitrogen and oxygen atoms in total. The first-order chi connectivity index (χ1) is 9.72. The summed E-state index contributed by atoms with van der Waals surface area (Å²) < 4.78 is 0. The minimum absolute atomic E-state index is 0.167. The number of hydrogen-bond donors (Lipinski definition) is 2. The number of piperazine rings is 1. The number of rotatable bonds is 4. The fourth-order valence-corrected chi connectivity index (χ4v) is 2.63. The van der Waals surface area contributed by atoms with Crippen LogP contribution in [-0.4, -0.2) is 49.6 Å². The lowest BCUT2D eigenvalue weighted by molar-refractivity contribution is -0.122. The van der Waals surface area contributed by atoms with Gasteiger partial charge in [-0.05, 0) is 25.0 Å². The number of carbonyl (C=O) groups excluding carboxylic acids is 1. The summed E-state index contributed by atoms with van der Waals surface area (Å²) in [6.07, 6.45) is 2.29. The number of nitrogens with zero attached hydrogens (tertiary/aromatic N) is 2. The van der Waals surface area contributed by atoms with Crippen molar-refractivity contribution in [3.8, 4) is 0 Å². The molecule has 108 valence electrons. The molecule has 1 aliphatic carbocycles. The standard InChI is InChI=1S/C15H22N4O/c16-13-3-1-2-4-14(13)19-9-7-18(8-10-19)11-15(20)17-12-5-6-12/h1-4,12H,5-11,16H2,(H,17,20). The molecule has 0 aromatic heterocycles. The van der Waals surface area contributed by atoms with Crippen LogP contribution in [0.5, 0.6) is 0 Å². The number of nitrogen functional groups attached to an aromatic ring is 1. The van der Waals surface area contributed by atoms with Gasteiger partial charge >= 0.3 is 0 Å². The molecule has 5 heteroatoms. The normalized spacial score (nSPS) is 19.9. The van der Waals surface area contributed by atoms with E-state index in [1.165, 1.54) is 0 Å². The van der Waals surface area contributed by atoms with E-state index in [9.17, 15) is 4.79 Å². The van der Waals surface area contributed by atoms with Gasteiger partial charge in [-0.15, -0.1) is 0 Å². The summed E-state index contributed by atoms with van der Waals surface area (Å²) in [6.45, 7) is 4.18. The Bertz CT molecular complexity index is 479. The molecule has 1 saturated carbocycles. The predicted octanol–water partition coefficient (Wildman–Crippen LogP) is 0.669. The van der Waals surface area contributed by atoms with Gasteiger partial charge in [-0.2, -0.15) is 0 Å². The molecule has 1 aliphatic heterocycles. The first-order valence-corrected chi connectivity index (χ1v) is 7.33. The van der Waals surface area contributed by atoms with Gasteiger partial charge in [0.05, 0.1) is 17.9 Å². The van der Waals surface area contributed by atoms with Gasteiger partial charge in [0, 0.05) is 32.2 Å². The van der Waals surface area contributed by atoms with E-state index in [2.05, 4.69) is 21.2 Å². The number of amides is 1. The second-order valence-corrected chi connectivity index (χ2v) is 5.66. The van der Waals surface area contributed by atoms with Crippen molar-refractivity contribution in [1.29, 1.82) is 0 Å². The second kappa shape index (κ2) is 5.71. The van der Waals surface area contributed by atoms with Crippen molar-refractivity contribution < 1.29 is 4.79 Å². The Morgan fingerprint density at radius 2 is 1.90 bits per heavy atom. The Balaban J connectivity index is 1.49. The number of benzene rings is 1. The maximum Gasteiger partial charge on any atom is 0.234 e. The van der Waals surface area contributed by atoms with Crippen molar-refractivity contribution in [2.75, 3.05) is 43.4 Å². The van der Waals surface area contributed by atoms with Crippen molar-refractivity contribution >= 4 is 17.3 Å². The maximum absolute atomic E-state index is 11.8. The lowest BCUT2D eigenvalue weighted by Gasteiger charge is -2.36. The lowest BCUT2D eigenvalue weighted by atomic mass is 10.2. The number of para-hydroxylation sites is 2. The fraction of sp³-hybridized carbons (Fsp3) is 0.533. The molecule has 0 radical (unpaired) electrons. The zero-order valence-electron chi connectivity index (χ0n) is 11.7. The van der Waals surface area contributed by atoms with E-state index in [0.717, 1.165) is 50.4 Å². The van der Waals surface area contributed by atoms with Crippen LogP contribution in [0.4, 0.5) is 11.4 Å². The van der Waals surface area contributed by atoms with Gasteiger partial charge in [-0.25, -0.2) is 0 Å². The van der Waals surface area contributed by atoms with Crippen LogP contribution in [0.15, 0.2) is 24.3 Å². The Kier molecular flexibility index (Phi) is 3.78. The minimum Gasteiger partial charge on any atom is -0.397 e. The van der Waals surface area contributed by atoms with Gasteiger partial charge < -0.3 is 16.0 Å². The van der Waals surface area contributed by atoms with Crippen molar-refractivity contribution in [2.24, 2.45) is 0 Å². The van der Waals surface area contributed by atoms with Crippen LogP contribution in [0.2, 0.25) is 0 Å². The summed E-state index contributed by atoms with van der Waals surface area (Å²) in [6, 6.07) is 8.42. The van der Waals surface area contributed by atoms with Gasteiger partial charge in [0.15, 0.2) is 0 Å². The molecule has 1 amide bonds. The van der Waals surface area contributed by atoms with E-state index >= 15 is 0 Å². The molecule has 20 heavy (non-hydrogen) atoms. The Morgan fingerprint density at radius 3 is 2.55 bits per heavy atom. The van der Waals surface area contributed by atoms with Crippen LogP contribution in [0.25, 0.3) is 0 Å². The molecule has 3 N–H and O–H groups in total.